The lowest BCUT2D eigenvalue weighted by atomic mass is 10.0. The number of halogens is 1. The molecule has 0 aromatic heterocycles. The molecule has 1 aromatic carbocycles. The van der Waals surface area contributed by atoms with Gasteiger partial charge in [0.25, 0.3) is 0 Å². The van der Waals surface area contributed by atoms with Crippen molar-refractivity contribution >= 4 is 15.9 Å². The fourth-order valence-electron chi connectivity index (χ4n) is 1.72. The van der Waals surface area contributed by atoms with Crippen LogP contribution in [0.4, 0.5) is 0 Å². The van der Waals surface area contributed by atoms with Crippen LogP contribution in [0.5, 0.6) is 5.75 Å². The largest absolute Gasteiger partial charge is 0.496 e. The van der Waals surface area contributed by atoms with Gasteiger partial charge in [-0.1, -0.05) is 15.9 Å². The zero-order valence-corrected chi connectivity index (χ0v) is 10.4. The van der Waals surface area contributed by atoms with Crippen molar-refractivity contribution in [3.05, 3.63) is 27.2 Å². The number of benzene rings is 1. The van der Waals surface area contributed by atoms with Gasteiger partial charge in [-0.2, -0.15) is 0 Å². The molecule has 0 bridgehead atoms. The highest BCUT2D eigenvalue weighted by Crippen LogP contribution is 2.32. The molecule has 0 atom stereocenters. The Morgan fingerprint density at radius 3 is 2.57 bits per heavy atom. The van der Waals surface area contributed by atoms with Crippen molar-refractivity contribution in [3.63, 3.8) is 0 Å². The van der Waals surface area contributed by atoms with Crippen molar-refractivity contribution in [2.24, 2.45) is 5.73 Å². The van der Waals surface area contributed by atoms with E-state index in [1.54, 1.807) is 7.11 Å². The van der Waals surface area contributed by atoms with Crippen molar-refractivity contribution in [1.82, 2.24) is 0 Å². The van der Waals surface area contributed by atoms with E-state index in [2.05, 4.69) is 28.9 Å². The Kier molecular flexibility index (Phi) is 3.96. The quantitative estimate of drug-likeness (QED) is 0.904. The number of hydrogen-bond donors (Lipinski definition) is 1. The molecule has 78 valence electrons. The van der Waals surface area contributed by atoms with Gasteiger partial charge in [0.2, 0.25) is 0 Å². The summed E-state index contributed by atoms with van der Waals surface area (Å²) in [5.74, 6) is 0.969. The molecule has 0 spiro atoms. The van der Waals surface area contributed by atoms with Crippen molar-refractivity contribution in [2.75, 3.05) is 13.7 Å². The zero-order chi connectivity index (χ0) is 10.7. The molecule has 0 saturated heterocycles. The minimum atomic E-state index is 0.658. The first-order valence-corrected chi connectivity index (χ1v) is 5.43. The van der Waals surface area contributed by atoms with Crippen LogP contribution in [0.2, 0.25) is 0 Å². The number of nitrogens with two attached hydrogens (primary N) is 1. The van der Waals surface area contributed by atoms with Crippen molar-refractivity contribution < 1.29 is 4.74 Å². The Labute approximate surface area is 93.6 Å². The van der Waals surface area contributed by atoms with Crippen LogP contribution in [0.1, 0.15) is 16.7 Å². The lowest BCUT2D eigenvalue weighted by molar-refractivity contribution is 0.407. The number of rotatable bonds is 3. The molecule has 0 fully saturated rings. The third kappa shape index (κ3) is 2.10. The summed E-state index contributed by atoms with van der Waals surface area (Å²) in [6.07, 6.45) is 0.878. The van der Waals surface area contributed by atoms with Gasteiger partial charge in [0.15, 0.2) is 0 Å². The van der Waals surface area contributed by atoms with Crippen molar-refractivity contribution in [3.8, 4) is 5.75 Å². The molecule has 0 heterocycles. The van der Waals surface area contributed by atoms with Gasteiger partial charge in [-0.3, -0.25) is 0 Å². The zero-order valence-electron chi connectivity index (χ0n) is 8.86. The van der Waals surface area contributed by atoms with Crippen molar-refractivity contribution in [1.29, 1.82) is 0 Å². The molecule has 1 aromatic rings. The Morgan fingerprint density at radius 2 is 2.07 bits per heavy atom. The lowest BCUT2D eigenvalue weighted by Crippen LogP contribution is -2.06. The predicted octanol–water partition coefficient (Wildman–Crippen LogP) is 2.58. The van der Waals surface area contributed by atoms with Crippen LogP contribution < -0.4 is 10.5 Å². The number of aryl methyl sites for hydroxylation is 1. The van der Waals surface area contributed by atoms with Gasteiger partial charge in [-0.05, 0) is 49.6 Å². The topological polar surface area (TPSA) is 35.2 Å². The average molecular weight is 258 g/mol. The van der Waals surface area contributed by atoms with Crippen LogP contribution in [0.25, 0.3) is 0 Å². The monoisotopic (exact) mass is 257 g/mol. The molecule has 2 N–H and O–H groups in total. The molecule has 0 aliphatic carbocycles. The Balaban J connectivity index is 3.28. The molecular weight excluding hydrogens is 242 g/mol. The minimum Gasteiger partial charge on any atom is -0.496 e. The molecule has 1 rings (SSSR count). The Hall–Kier alpha value is -0.540. The second kappa shape index (κ2) is 4.80. The van der Waals surface area contributed by atoms with Crippen molar-refractivity contribution in [2.45, 2.75) is 20.3 Å². The van der Waals surface area contributed by atoms with Gasteiger partial charge in [-0.25, -0.2) is 0 Å². The van der Waals surface area contributed by atoms with E-state index in [0.29, 0.717) is 6.54 Å². The summed E-state index contributed by atoms with van der Waals surface area (Å²) in [6, 6.07) is 2.08. The van der Waals surface area contributed by atoms with Gasteiger partial charge in [0.05, 0.1) is 7.11 Å². The Morgan fingerprint density at radius 1 is 1.43 bits per heavy atom. The van der Waals surface area contributed by atoms with E-state index in [1.807, 2.05) is 6.92 Å². The summed E-state index contributed by atoms with van der Waals surface area (Å²) < 4.78 is 6.48. The van der Waals surface area contributed by atoms with Crippen LogP contribution in [0, 0.1) is 13.8 Å². The molecule has 2 nitrogen and oxygen atoms in total. The smallest absolute Gasteiger partial charge is 0.125 e. The highest BCUT2D eigenvalue weighted by atomic mass is 79.9. The first kappa shape index (κ1) is 11.5. The first-order valence-electron chi connectivity index (χ1n) is 4.64. The summed E-state index contributed by atoms with van der Waals surface area (Å²) in [6.45, 7) is 4.77. The summed E-state index contributed by atoms with van der Waals surface area (Å²) in [5.41, 5.74) is 9.15. The van der Waals surface area contributed by atoms with Crippen LogP contribution in [-0.2, 0) is 6.42 Å². The number of ether oxygens (including phenoxy) is 1. The normalized spacial score (nSPS) is 10.4. The fourth-order valence-corrected chi connectivity index (χ4v) is 2.56. The van der Waals surface area contributed by atoms with E-state index in [1.165, 1.54) is 11.1 Å². The Bertz CT molecular complexity index is 337. The summed E-state index contributed by atoms with van der Waals surface area (Å²) in [4.78, 5) is 0. The standard InChI is InChI=1S/C11H16BrNO/c1-7-6-10(12)9(4-5-13)8(2)11(7)14-3/h6H,4-5,13H2,1-3H3. The van der Waals surface area contributed by atoms with Gasteiger partial charge < -0.3 is 10.5 Å². The third-order valence-electron chi connectivity index (χ3n) is 2.38. The number of hydrogen-bond acceptors (Lipinski definition) is 2. The van der Waals surface area contributed by atoms with Crippen LogP contribution in [0.3, 0.4) is 0 Å². The van der Waals surface area contributed by atoms with E-state index in [9.17, 15) is 0 Å². The minimum absolute atomic E-state index is 0.658. The molecule has 0 amide bonds. The van der Waals surface area contributed by atoms with Gasteiger partial charge >= 0.3 is 0 Å². The van der Waals surface area contributed by atoms with E-state index < -0.39 is 0 Å². The maximum atomic E-state index is 5.57. The van der Waals surface area contributed by atoms with E-state index in [0.717, 1.165) is 22.2 Å². The van der Waals surface area contributed by atoms with Crippen LogP contribution >= 0.6 is 15.9 Å². The maximum absolute atomic E-state index is 5.57. The molecule has 0 unspecified atom stereocenters. The van der Waals surface area contributed by atoms with Gasteiger partial charge in [0, 0.05) is 4.47 Å². The van der Waals surface area contributed by atoms with Crippen LogP contribution in [0.15, 0.2) is 10.5 Å². The molecular formula is C11H16BrNO. The summed E-state index contributed by atoms with van der Waals surface area (Å²) in [5, 5.41) is 0. The molecule has 3 heteroatoms. The fraction of sp³-hybridized carbons (Fsp3) is 0.455. The second-order valence-corrected chi connectivity index (χ2v) is 4.21. The molecule has 0 aliphatic heterocycles. The summed E-state index contributed by atoms with van der Waals surface area (Å²) >= 11 is 3.55. The molecule has 0 radical (unpaired) electrons. The van der Waals surface area contributed by atoms with E-state index in [-0.39, 0.29) is 0 Å². The molecule has 0 aliphatic rings. The predicted molar refractivity (Wildman–Crippen MR) is 62.9 cm³/mol. The molecule has 0 saturated carbocycles. The lowest BCUT2D eigenvalue weighted by Gasteiger charge is -2.14. The van der Waals surface area contributed by atoms with Gasteiger partial charge in [-0.15, -0.1) is 0 Å². The van der Waals surface area contributed by atoms with E-state index >= 15 is 0 Å². The maximum Gasteiger partial charge on any atom is 0.125 e. The SMILES string of the molecule is COc1c(C)cc(Br)c(CCN)c1C. The van der Waals surface area contributed by atoms with E-state index in [4.69, 9.17) is 10.5 Å². The second-order valence-electron chi connectivity index (χ2n) is 3.35. The first-order chi connectivity index (χ1) is 6.61. The number of methoxy groups -OCH3 is 1. The summed E-state index contributed by atoms with van der Waals surface area (Å²) in [7, 11) is 1.70. The average Bonchev–Trinajstić information content (AvgIpc) is 2.12. The van der Waals surface area contributed by atoms with Gasteiger partial charge in [0.1, 0.15) is 5.75 Å². The van der Waals surface area contributed by atoms with Crippen LogP contribution in [-0.4, -0.2) is 13.7 Å². The highest BCUT2D eigenvalue weighted by Gasteiger charge is 2.11. The third-order valence-corrected chi connectivity index (χ3v) is 3.09. The highest BCUT2D eigenvalue weighted by molar-refractivity contribution is 9.10. The molecule has 14 heavy (non-hydrogen) atoms.